The van der Waals surface area contributed by atoms with E-state index in [1.165, 1.54) is 0 Å². The zero-order valence-electron chi connectivity index (χ0n) is 15.1. The summed E-state index contributed by atoms with van der Waals surface area (Å²) < 4.78 is 13.7. The van der Waals surface area contributed by atoms with E-state index < -0.39 is 0 Å². The van der Waals surface area contributed by atoms with Crippen molar-refractivity contribution in [3.63, 3.8) is 0 Å². The zero-order valence-corrected chi connectivity index (χ0v) is 15.1. The number of pyridine rings is 1. The van der Waals surface area contributed by atoms with Crippen molar-refractivity contribution in [3.05, 3.63) is 59.8 Å². The maximum absolute atomic E-state index is 5.79. The van der Waals surface area contributed by atoms with E-state index in [4.69, 9.17) is 9.15 Å². The van der Waals surface area contributed by atoms with E-state index in [0.29, 0.717) is 12.6 Å². The zero-order chi connectivity index (χ0) is 17.9. The number of nitrogens with zero attached hydrogens (tertiary/aromatic N) is 5. The van der Waals surface area contributed by atoms with Gasteiger partial charge in [-0.05, 0) is 38.1 Å². The first-order chi connectivity index (χ1) is 12.7. The van der Waals surface area contributed by atoms with Crippen LogP contribution >= 0.6 is 0 Å². The van der Waals surface area contributed by atoms with Crippen LogP contribution in [0.15, 0.2) is 41.1 Å². The smallest absolute Gasteiger partial charge is 0.171 e. The molecule has 0 saturated heterocycles. The molecule has 0 unspecified atom stereocenters. The molecule has 1 aliphatic heterocycles. The normalized spacial score (nSPS) is 17.7. The first-order valence-corrected chi connectivity index (χ1v) is 8.92. The summed E-state index contributed by atoms with van der Waals surface area (Å²) in [6.45, 7) is 7.18. The van der Waals surface area contributed by atoms with Gasteiger partial charge in [-0.15, -0.1) is 10.2 Å². The summed E-state index contributed by atoms with van der Waals surface area (Å²) in [5, 5.41) is 8.72. The van der Waals surface area contributed by atoms with Crippen molar-refractivity contribution in [2.24, 2.45) is 0 Å². The molecule has 0 N–H and O–H groups in total. The van der Waals surface area contributed by atoms with Crippen molar-refractivity contribution in [3.8, 4) is 5.75 Å². The fraction of sp³-hybridized carbons (Fsp3) is 0.421. The van der Waals surface area contributed by atoms with Gasteiger partial charge in [0, 0.05) is 31.7 Å². The van der Waals surface area contributed by atoms with Crippen molar-refractivity contribution < 1.29 is 9.15 Å². The van der Waals surface area contributed by atoms with Gasteiger partial charge in [-0.2, -0.15) is 0 Å². The second-order valence-corrected chi connectivity index (χ2v) is 6.70. The maximum Gasteiger partial charge on any atom is 0.171 e. The summed E-state index contributed by atoms with van der Waals surface area (Å²) in [6.07, 6.45) is 4.29. The number of hydrogen-bond acceptors (Lipinski definition) is 6. The van der Waals surface area contributed by atoms with Crippen molar-refractivity contribution in [2.75, 3.05) is 6.54 Å². The minimum atomic E-state index is 0.373. The number of aromatic nitrogens is 4. The van der Waals surface area contributed by atoms with Gasteiger partial charge in [0.15, 0.2) is 5.82 Å². The molecule has 0 amide bonds. The van der Waals surface area contributed by atoms with Crippen LogP contribution < -0.4 is 4.74 Å². The molecule has 0 aromatic carbocycles. The number of hydrogen-bond donors (Lipinski definition) is 0. The molecule has 0 saturated carbocycles. The predicted molar refractivity (Wildman–Crippen MR) is 95.6 cm³/mol. The fourth-order valence-electron chi connectivity index (χ4n) is 3.32. The number of ether oxygens (including phenoxy) is 1. The third-order valence-corrected chi connectivity index (χ3v) is 4.77. The Hall–Kier alpha value is -2.67. The van der Waals surface area contributed by atoms with Gasteiger partial charge in [-0.25, -0.2) is 0 Å². The first-order valence-electron chi connectivity index (χ1n) is 8.92. The Morgan fingerprint density at radius 2 is 2.15 bits per heavy atom. The van der Waals surface area contributed by atoms with Crippen LogP contribution in [0, 0.1) is 6.92 Å². The van der Waals surface area contributed by atoms with Crippen LogP contribution in [0.4, 0.5) is 0 Å². The van der Waals surface area contributed by atoms with Crippen molar-refractivity contribution >= 4 is 0 Å². The van der Waals surface area contributed by atoms with Crippen molar-refractivity contribution in [1.29, 1.82) is 0 Å². The molecule has 7 heteroatoms. The summed E-state index contributed by atoms with van der Waals surface area (Å²) >= 11 is 0. The highest BCUT2D eigenvalue weighted by Gasteiger charge is 2.24. The van der Waals surface area contributed by atoms with Gasteiger partial charge in [0.05, 0.1) is 12.7 Å². The standard InChI is InChI=1S/C19H23N5O2/c1-14-10-18-21-22-19(13-25-16-4-3-7-20-11-16)24(18)9-8-23(14)12-17-6-5-15(2)26-17/h3-7,11,14H,8-10,12-13H2,1-2H3/t14-/m0/s1. The largest absolute Gasteiger partial charge is 0.484 e. The van der Waals surface area contributed by atoms with Gasteiger partial charge in [0.1, 0.15) is 29.7 Å². The molecule has 0 bridgehead atoms. The average Bonchev–Trinajstić information content (AvgIpc) is 3.19. The minimum absolute atomic E-state index is 0.373. The molecule has 4 rings (SSSR count). The first kappa shape index (κ1) is 16.8. The number of aryl methyl sites for hydroxylation is 1. The lowest BCUT2D eigenvalue weighted by Gasteiger charge is -2.25. The molecule has 7 nitrogen and oxygen atoms in total. The summed E-state index contributed by atoms with van der Waals surface area (Å²) in [5.41, 5.74) is 0. The Kier molecular flexibility index (Phi) is 4.71. The molecule has 3 aromatic rings. The quantitative estimate of drug-likeness (QED) is 0.702. The highest BCUT2D eigenvalue weighted by molar-refractivity contribution is 5.15. The Balaban J connectivity index is 1.44. The number of rotatable bonds is 5. The molecule has 0 spiro atoms. The van der Waals surface area contributed by atoms with Crippen LogP contribution in [0.5, 0.6) is 5.75 Å². The Labute approximate surface area is 152 Å². The lowest BCUT2D eigenvalue weighted by molar-refractivity contribution is 0.185. The van der Waals surface area contributed by atoms with E-state index in [1.807, 2.05) is 25.1 Å². The highest BCUT2D eigenvalue weighted by Crippen LogP contribution is 2.19. The molecule has 0 radical (unpaired) electrons. The number of furan rings is 1. The molecule has 0 aliphatic carbocycles. The SMILES string of the molecule is Cc1ccc(CN2CCn3c(COc4cccnc4)nnc3C[C@@H]2C)o1. The molecular formula is C19H23N5O2. The maximum atomic E-state index is 5.79. The summed E-state index contributed by atoms with van der Waals surface area (Å²) in [4.78, 5) is 6.49. The minimum Gasteiger partial charge on any atom is -0.484 e. The highest BCUT2D eigenvalue weighted by atomic mass is 16.5. The third kappa shape index (κ3) is 3.62. The van der Waals surface area contributed by atoms with E-state index in [1.54, 1.807) is 12.4 Å². The fourth-order valence-corrected chi connectivity index (χ4v) is 3.32. The molecular weight excluding hydrogens is 330 g/mol. The molecule has 136 valence electrons. The van der Waals surface area contributed by atoms with Crippen LogP contribution in [-0.4, -0.2) is 37.2 Å². The monoisotopic (exact) mass is 353 g/mol. The van der Waals surface area contributed by atoms with Crippen LogP contribution in [0.2, 0.25) is 0 Å². The van der Waals surface area contributed by atoms with E-state index in [0.717, 1.165) is 55.0 Å². The molecule has 1 atom stereocenters. The Bertz CT molecular complexity index is 858. The van der Waals surface area contributed by atoms with Crippen LogP contribution in [-0.2, 0) is 26.1 Å². The van der Waals surface area contributed by atoms with Gasteiger partial charge in [0.25, 0.3) is 0 Å². The third-order valence-electron chi connectivity index (χ3n) is 4.77. The van der Waals surface area contributed by atoms with E-state index >= 15 is 0 Å². The average molecular weight is 353 g/mol. The van der Waals surface area contributed by atoms with Gasteiger partial charge in [-0.3, -0.25) is 9.88 Å². The van der Waals surface area contributed by atoms with Gasteiger partial charge < -0.3 is 13.7 Å². The predicted octanol–water partition coefficient (Wildman–Crippen LogP) is 2.60. The summed E-state index contributed by atoms with van der Waals surface area (Å²) in [7, 11) is 0. The van der Waals surface area contributed by atoms with E-state index in [-0.39, 0.29) is 0 Å². The summed E-state index contributed by atoms with van der Waals surface area (Å²) in [5.74, 6) is 4.57. The summed E-state index contributed by atoms with van der Waals surface area (Å²) in [6, 6.07) is 8.19. The lowest BCUT2D eigenvalue weighted by Crippen LogP contribution is -2.34. The van der Waals surface area contributed by atoms with Gasteiger partial charge in [0.2, 0.25) is 0 Å². The van der Waals surface area contributed by atoms with Crippen molar-refractivity contribution in [1.82, 2.24) is 24.6 Å². The van der Waals surface area contributed by atoms with E-state index in [2.05, 4.69) is 37.6 Å². The molecule has 4 heterocycles. The van der Waals surface area contributed by atoms with Crippen LogP contribution in [0.25, 0.3) is 0 Å². The van der Waals surface area contributed by atoms with Gasteiger partial charge >= 0.3 is 0 Å². The van der Waals surface area contributed by atoms with E-state index in [9.17, 15) is 0 Å². The molecule has 1 aliphatic rings. The Morgan fingerprint density at radius 1 is 1.23 bits per heavy atom. The topological polar surface area (TPSA) is 69.2 Å². The number of fused-ring (bicyclic) bond motifs is 1. The lowest BCUT2D eigenvalue weighted by atomic mass is 10.2. The van der Waals surface area contributed by atoms with Crippen LogP contribution in [0.3, 0.4) is 0 Å². The second kappa shape index (κ2) is 7.29. The van der Waals surface area contributed by atoms with Crippen LogP contribution in [0.1, 0.15) is 30.1 Å². The second-order valence-electron chi connectivity index (χ2n) is 6.70. The molecule has 3 aromatic heterocycles. The van der Waals surface area contributed by atoms with Gasteiger partial charge in [-0.1, -0.05) is 0 Å². The Morgan fingerprint density at radius 3 is 2.92 bits per heavy atom. The molecule has 26 heavy (non-hydrogen) atoms. The van der Waals surface area contributed by atoms with Crippen molar-refractivity contribution in [2.45, 2.75) is 46.0 Å². The molecule has 0 fully saturated rings.